The summed E-state index contributed by atoms with van der Waals surface area (Å²) in [7, 11) is -0.315. The van der Waals surface area contributed by atoms with Crippen LogP contribution in [-0.2, 0) is 16.6 Å². The predicted octanol–water partition coefficient (Wildman–Crippen LogP) is 0.135. The van der Waals surface area contributed by atoms with Gasteiger partial charge in [-0.25, -0.2) is 8.42 Å². The van der Waals surface area contributed by atoms with Gasteiger partial charge in [-0.2, -0.15) is 9.40 Å². The van der Waals surface area contributed by atoms with Gasteiger partial charge in [0.15, 0.2) is 5.69 Å². The molecule has 11 heteroatoms. The van der Waals surface area contributed by atoms with E-state index in [2.05, 4.69) is 10.4 Å². The van der Waals surface area contributed by atoms with E-state index < -0.39 is 22.0 Å². The van der Waals surface area contributed by atoms with Crippen molar-refractivity contribution in [1.82, 2.24) is 24.3 Å². The topological polar surface area (TPSA) is 105 Å². The Morgan fingerprint density at radius 3 is 2.88 bits per heavy atom. The van der Waals surface area contributed by atoms with Crippen molar-refractivity contribution in [3.05, 3.63) is 33.8 Å². The van der Waals surface area contributed by atoms with E-state index in [9.17, 15) is 18.0 Å². The number of hydrogen-bond acceptors (Lipinski definition) is 6. The molecule has 2 aromatic heterocycles. The molecule has 0 bridgehead atoms. The fourth-order valence-electron chi connectivity index (χ4n) is 3.14. The van der Waals surface area contributed by atoms with Gasteiger partial charge in [-0.15, -0.1) is 11.3 Å². The van der Waals surface area contributed by atoms with Crippen LogP contribution in [0, 0.1) is 0 Å². The summed E-state index contributed by atoms with van der Waals surface area (Å²) in [6, 6.07) is 2.57. The first kappa shape index (κ1) is 17.2. The summed E-state index contributed by atoms with van der Waals surface area (Å²) in [5.74, 6) is -0.605. The number of likely N-dealkylation sites (N-methyl/N-ethyl adjacent to an activating group) is 2. The highest BCUT2D eigenvalue weighted by molar-refractivity contribution is 7.89. The predicted molar refractivity (Wildman–Crippen MR) is 93.5 cm³/mol. The number of carbonyl (C=O) groups is 2. The van der Waals surface area contributed by atoms with E-state index in [0.717, 1.165) is 0 Å². The Hall–Kier alpha value is -2.24. The van der Waals surface area contributed by atoms with E-state index in [1.165, 1.54) is 33.4 Å². The molecule has 0 fully saturated rings. The van der Waals surface area contributed by atoms with Gasteiger partial charge in [0, 0.05) is 38.1 Å². The molecule has 1 unspecified atom stereocenters. The maximum Gasteiger partial charge on any atom is 0.272 e. The number of thiophene rings is 1. The third-order valence-corrected chi connectivity index (χ3v) is 7.67. The average molecular weight is 395 g/mol. The molecule has 4 rings (SSSR count). The Balaban J connectivity index is 1.60. The lowest BCUT2D eigenvalue weighted by Crippen LogP contribution is -2.43. The van der Waals surface area contributed by atoms with Crippen LogP contribution in [0.4, 0.5) is 0 Å². The minimum atomic E-state index is -3.50. The molecule has 0 saturated heterocycles. The Morgan fingerprint density at radius 2 is 2.12 bits per heavy atom. The number of amides is 2. The number of fused-ring (bicyclic) bond motifs is 2. The first-order chi connectivity index (χ1) is 12.3. The Labute approximate surface area is 154 Å². The van der Waals surface area contributed by atoms with Crippen LogP contribution >= 0.6 is 11.3 Å². The molecule has 138 valence electrons. The summed E-state index contributed by atoms with van der Waals surface area (Å²) in [5.41, 5.74) is 0.530. The number of hydrogen-bond donors (Lipinski definition) is 1. The first-order valence-electron chi connectivity index (χ1n) is 7.97. The van der Waals surface area contributed by atoms with E-state index in [1.807, 2.05) is 0 Å². The molecule has 0 spiro atoms. The van der Waals surface area contributed by atoms with Crippen LogP contribution < -0.4 is 5.32 Å². The lowest BCUT2D eigenvalue weighted by molar-refractivity contribution is 0.0742. The number of rotatable bonds is 2. The van der Waals surface area contributed by atoms with Gasteiger partial charge in [-0.3, -0.25) is 14.3 Å². The van der Waals surface area contributed by atoms with Gasteiger partial charge in [0.25, 0.3) is 11.8 Å². The van der Waals surface area contributed by atoms with Gasteiger partial charge < -0.3 is 10.2 Å². The third-order valence-electron chi connectivity index (χ3n) is 4.63. The van der Waals surface area contributed by atoms with Crippen LogP contribution in [0.5, 0.6) is 0 Å². The zero-order valence-corrected chi connectivity index (χ0v) is 15.8. The van der Waals surface area contributed by atoms with Crippen molar-refractivity contribution in [3.8, 4) is 0 Å². The van der Waals surface area contributed by atoms with Crippen LogP contribution in [0.3, 0.4) is 0 Å². The number of aromatic nitrogens is 2. The molecule has 1 N–H and O–H groups in total. The second-order valence-corrected chi connectivity index (χ2v) is 9.29. The van der Waals surface area contributed by atoms with Crippen molar-refractivity contribution in [2.75, 3.05) is 27.2 Å². The largest absolute Gasteiger partial charge is 0.342 e. The zero-order chi connectivity index (χ0) is 18.6. The lowest BCUT2D eigenvalue weighted by Gasteiger charge is -2.29. The average Bonchev–Trinajstić information content (AvgIpc) is 3.24. The SMILES string of the molecule is CN1CCn2nc(C(=O)NC3CN(C)S(=O)(=O)c4ccsc43)cc2C1=O. The molecular formula is C15H17N5O4S2. The number of sulfonamides is 1. The molecule has 0 radical (unpaired) electrons. The molecule has 0 aromatic carbocycles. The van der Waals surface area contributed by atoms with E-state index in [0.29, 0.717) is 23.7 Å². The quantitative estimate of drug-likeness (QED) is 0.779. The summed E-state index contributed by atoms with van der Waals surface area (Å²) in [6.45, 7) is 1.22. The van der Waals surface area contributed by atoms with Crippen LogP contribution in [-0.4, -0.2) is 66.4 Å². The molecule has 9 nitrogen and oxygen atoms in total. The van der Waals surface area contributed by atoms with Crippen molar-refractivity contribution in [2.45, 2.75) is 17.5 Å². The lowest BCUT2D eigenvalue weighted by atomic mass is 10.2. The van der Waals surface area contributed by atoms with Gasteiger partial charge in [-0.1, -0.05) is 0 Å². The van der Waals surface area contributed by atoms with Crippen LogP contribution in [0.1, 0.15) is 31.9 Å². The molecule has 2 aliphatic heterocycles. The molecule has 2 aromatic rings. The van der Waals surface area contributed by atoms with Crippen molar-refractivity contribution in [1.29, 1.82) is 0 Å². The molecule has 26 heavy (non-hydrogen) atoms. The van der Waals surface area contributed by atoms with Gasteiger partial charge in [0.2, 0.25) is 10.0 Å². The number of nitrogens with one attached hydrogen (secondary N) is 1. The van der Waals surface area contributed by atoms with Crippen LogP contribution in [0.25, 0.3) is 0 Å². The minimum absolute atomic E-state index is 0.150. The summed E-state index contributed by atoms with van der Waals surface area (Å²) < 4.78 is 27.4. The van der Waals surface area contributed by atoms with Crippen LogP contribution in [0.15, 0.2) is 22.4 Å². The number of carbonyl (C=O) groups excluding carboxylic acids is 2. The van der Waals surface area contributed by atoms with Crippen molar-refractivity contribution >= 4 is 33.2 Å². The maximum absolute atomic E-state index is 12.6. The van der Waals surface area contributed by atoms with Crippen molar-refractivity contribution in [2.24, 2.45) is 0 Å². The third kappa shape index (κ3) is 2.54. The standard InChI is InChI=1S/C15H17N5O4S2/c1-18-4-5-20-11(15(18)22)7-9(17-20)14(21)16-10-8-19(2)26(23,24)12-3-6-25-13(10)12/h3,6-7,10H,4-5,8H2,1-2H3,(H,16,21). The highest BCUT2D eigenvalue weighted by Gasteiger charge is 2.37. The van der Waals surface area contributed by atoms with Crippen molar-refractivity contribution in [3.63, 3.8) is 0 Å². The molecule has 2 aliphatic rings. The molecule has 4 heterocycles. The molecule has 0 saturated carbocycles. The van der Waals surface area contributed by atoms with Gasteiger partial charge >= 0.3 is 0 Å². The normalized spacial score (nSPS) is 22.0. The van der Waals surface area contributed by atoms with E-state index >= 15 is 0 Å². The molecular weight excluding hydrogens is 378 g/mol. The van der Waals surface area contributed by atoms with Gasteiger partial charge in [-0.05, 0) is 11.4 Å². The van der Waals surface area contributed by atoms with Crippen molar-refractivity contribution < 1.29 is 18.0 Å². The second-order valence-electron chi connectivity index (χ2n) is 6.33. The fraction of sp³-hybridized carbons (Fsp3) is 0.400. The highest BCUT2D eigenvalue weighted by atomic mass is 32.2. The van der Waals surface area contributed by atoms with E-state index in [-0.39, 0.29) is 23.0 Å². The fourth-order valence-corrected chi connectivity index (χ4v) is 5.83. The highest BCUT2D eigenvalue weighted by Crippen LogP contribution is 2.35. The monoisotopic (exact) mass is 395 g/mol. The van der Waals surface area contributed by atoms with E-state index in [4.69, 9.17) is 0 Å². The smallest absolute Gasteiger partial charge is 0.272 e. The van der Waals surface area contributed by atoms with Gasteiger partial charge in [0.05, 0.1) is 17.5 Å². The summed E-state index contributed by atoms with van der Waals surface area (Å²) in [6.07, 6.45) is 0. The molecule has 2 amide bonds. The first-order valence-corrected chi connectivity index (χ1v) is 10.3. The summed E-state index contributed by atoms with van der Waals surface area (Å²) in [4.78, 5) is 27.2. The zero-order valence-electron chi connectivity index (χ0n) is 14.2. The summed E-state index contributed by atoms with van der Waals surface area (Å²) in [5, 5.41) is 8.77. The van der Waals surface area contributed by atoms with E-state index in [1.54, 1.807) is 23.4 Å². The molecule has 0 aliphatic carbocycles. The summed E-state index contributed by atoms with van der Waals surface area (Å²) >= 11 is 1.30. The Morgan fingerprint density at radius 1 is 1.35 bits per heavy atom. The maximum atomic E-state index is 12.6. The number of nitrogens with zero attached hydrogens (tertiary/aromatic N) is 4. The Bertz CT molecular complexity index is 1010. The van der Waals surface area contributed by atoms with Crippen LogP contribution in [0.2, 0.25) is 0 Å². The second kappa shape index (κ2) is 5.89. The Kier molecular flexibility index (Phi) is 3.90. The van der Waals surface area contributed by atoms with Gasteiger partial charge in [0.1, 0.15) is 5.69 Å². The minimum Gasteiger partial charge on any atom is -0.342 e. The molecule has 1 atom stereocenters.